The molecule has 8 heteroatoms. The molecule has 1 heterocycles. The maximum Gasteiger partial charge on any atom is 0.229 e. The molecule has 1 saturated carbocycles. The first kappa shape index (κ1) is 20.5. The van der Waals surface area contributed by atoms with Crippen LogP contribution in [0.1, 0.15) is 25.7 Å². The number of rotatable bonds is 5. The van der Waals surface area contributed by atoms with Gasteiger partial charge in [0.05, 0.1) is 19.9 Å². The lowest BCUT2D eigenvalue weighted by Gasteiger charge is -2.25. The van der Waals surface area contributed by atoms with Crippen molar-refractivity contribution in [1.82, 2.24) is 4.98 Å². The first-order valence-corrected chi connectivity index (χ1v) is 9.23. The minimum atomic E-state index is -0.0165. The Balaban J connectivity index is 0.00000243. The third kappa shape index (κ3) is 4.66. The maximum atomic E-state index is 12.4. The molecule has 1 aliphatic rings. The molecule has 1 amide bonds. The Morgan fingerprint density at radius 2 is 2.04 bits per heavy atom. The Hall–Kier alpha value is -1.83. The minimum absolute atomic E-state index is 0. The van der Waals surface area contributed by atoms with E-state index in [1.165, 1.54) is 11.3 Å². The molecule has 6 nitrogen and oxygen atoms in total. The van der Waals surface area contributed by atoms with Gasteiger partial charge in [0.15, 0.2) is 16.6 Å². The summed E-state index contributed by atoms with van der Waals surface area (Å²) in [6.45, 7) is 0. The van der Waals surface area contributed by atoms with Crippen molar-refractivity contribution in [1.29, 1.82) is 0 Å². The number of halogens is 1. The highest BCUT2D eigenvalue weighted by Crippen LogP contribution is 2.34. The lowest BCUT2D eigenvalue weighted by Crippen LogP contribution is -2.34. The summed E-state index contributed by atoms with van der Waals surface area (Å²) in [6, 6.07) is 5.76. The van der Waals surface area contributed by atoms with Crippen LogP contribution in [-0.2, 0) is 4.79 Å². The van der Waals surface area contributed by atoms with Crippen LogP contribution in [0.5, 0.6) is 11.5 Å². The van der Waals surface area contributed by atoms with E-state index in [-0.39, 0.29) is 30.3 Å². The number of ether oxygens (including phenoxy) is 2. The lowest BCUT2D eigenvalue weighted by molar-refractivity contribution is -0.120. The van der Waals surface area contributed by atoms with Crippen molar-refractivity contribution in [3.8, 4) is 22.8 Å². The van der Waals surface area contributed by atoms with Crippen molar-refractivity contribution < 1.29 is 14.3 Å². The molecule has 0 bridgehead atoms. The van der Waals surface area contributed by atoms with E-state index >= 15 is 0 Å². The van der Waals surface area contributed by atoms with E-state index in [0.717, 1.165) is 36.9 Å². The number of nitrogens with two attached hydrogens (primary N) is 1. The van der Waals surface area contributed by atoms with Crippen LogP contribution in [0.4, 0.5) is 5.13 Å². The quantitative estimate of drug-likeness (QED) is 0.803. The van der Waals surface area contributed by atoms with E-state index in [9.17, 15) is 4.79 Å². The zero-order valence-corrected chi connectivity index (χ0v) is 16.5. The van der Waals surface area contributed by atoms with Crippen LogP contribution in [0.2, 0.25) is 0 Å². The minimum Gasteiger partial charge on any atom is -0.493 e. The van der Waals surface area contributed by atoms with Crippen molar-refractivity contribution in [3.05, 3.63) is 23.6 Å². The number of carbonyl (C=O) groups excluding carboxylic acids is 1. The van der Waals surface area contributed by atoms with Crippen LogP contribution in [0.15, 0.2) is 23.6 Å². The Kier molecular flexibility index (Phi) is 7.25. The molecular formula is C18H24ClN3O3S. The number of methoxy groups -OCH3 is 2. The number of nitrogens with one attached hydrogen (secondary N) is 1. The van der Waals surface area contributed by atoms with Crippen LogP contribution in [0, 0.1) is 5.92 Å². The van der Waals surface area contributed by atoms with Gasteiger partial charge in [0.1, 0.15) is 0 Å². The van der Waals surface area contributed by atoms with Gasteiger partial charge in [-0.15, -0.1) is 23.7 Å². The second-order valence-electron chi connectivity index (χ2n) is 6.22. The zero-order chi connectivity index (χ0) is 17.8. The number of thiazole rings is 1. The third-order valence-corrected chi connectivity index (χ3v) is 5.26. The van der Waals surface area contributed by atoms with E-state index in [4.69, 9.17) is 15.2 Å². The van der Waals surface area contributed by atoms with Gasteiger partial charge in [-0.2, -0.15) is 0 Å². The van der Waals surface area contributed by atoms with Gasteiger partial charge >= 0.3 is 0 Å². The molecule has 142 valence electrons. The first-order valence-electron chi connectivity index (χ1n) is 8.35. The zero-order valence-electron chi connectivity index (χ0n) is 14.9. The number of aromatic nitrogens is 1. The largest absolute Gasteiger partial charge is 0.493 e. The molecule has 2 aromatic rings. The number of nitrogens with zero attached hydrogens (tertiary/aromatic N) is 1. The van der Waals surface area contributed by atoms with Crippen LogP contribution >= 0.6 is 23.7 Å². The smallest absolute Gasteiger partial charge is 0.229 e. The van der Waals surface area contributed by atoms with Crippen LogP contribution in [0.3, 0.4) is 0 Å². The highest BCUT2D eigenvalue weighted by Gasteiger charge is 2.26. The number of amides is 1. The summed E-state index contributed by atoms with van der Waals surface area (Å²) < 4.78 is 10.6. The van der Waals surface area contributed by atoms with Crippen LogP contribution < -0.4 is 20.5 Å². The third-order valence-electron chi connectivity index (χ3n) is 4.50. The molecule has 2 unspecified atom stereocenters. The predicted molar refractivity (Wildman–Crippen MR) is 106 cm³/mol. The standard InChI is InChI=1S/C18H23N3O3S.ClH/c1-23-15-7-6-11(9-16(15)24-2)14-10-25-18(20-14)21-17(22)12-4-3-5-13(19)8-12;/h6-7,9-10,12-13H,3-5,8,19H2,1-2H3,(H,20,21,22);1H. The molecule has 1 fully saturated rings. The van der Waals surface area contributed by atoms with Gasteiger partial charge in [-0.1, -0.05) is 6.42 Å². The normalized spacial score (nSPS) is 19.3. The van der Waals surface area contributed by atoms with Gasteiger partial charge in [-0.3, -0.25) is 4.79 Å². The summed E-state index contributed by atoms with van der Waals surface area (Å²) in [7, 11) is 3.20. The lowest BCUT2D eigenvalue weighted by atomic mass is 9.86. The van der Waals surface area contributed by atoms with Crippen molar-refractivity contribution in [3.63, 3.8) is 0 Å². The van der Waals surface area contributed by atoms with Crippen molar-refractivity contribution in [2.75, 3.05) is 19.5 Å². The van der Waals surface area contributed by atoms with E-state index in [1.54, 1.807) is 14.2 Å². The monoisotopic (exact) mass is 397 g/mol. The first-order chi connectivity index (χ1) is 12.1. The van der Waals surface area contributed by atoms with Gasteiger partial charge in [-0.25, -0.2) is 4.98 Å². The number of carbonyl (C=O) groups is 1. The highest BCUT2D eigenvalue weighted by atomic mass is 35.5. The van der Waals surface area contributed by atoms with E-state index < -0.39 is 0 Å². The molecule has 1 aromatic heterocycles. The fraction of sp³-hybridized carbons (Fsp3) is 0.444. The Morgan fingerprint density at radius 3 is 2.73 bits per heavy atom. The summed E-state index contributed by atoms with van der Waals surface area (Å²) in [4.78, 5) is 16.9. The second kappa shape index (κ2) is 9.21. The summed E-state index contributed by atoms with van der Waals surface area (Å²) >= 11 is 1.41. The summed E-state index contributed by atoms with van der Waals surface area (Å²) in [5.41, 5.74) is 7.68. The van der Waals surface area contributed by atoms with E-state index in [0.29, 0.717) is 16.6 Å². The fourth-order valence-corrected chi connectivity index (χ4v) is 3.86. The molecule has 3 N–H and O–H groups in total. The van der Waals surface area contributed by atoms with Gasteiger partial charge in [0.25, 0.3) is 0 Å². The number of hydrogen-bond donors (Lipinski definition) is 2. The fourth-order valence-electron chi connectivity index (χ4n) is 3.13. The number of hydrogen-bond acceptors (Lipinski definition) is 6. The Labute approximate surface area is 163 Å². The topological polar surface area (TPSA) is 86.5 Å². The van der Waals surface area contributed by atoms with Crippen molar-refractivity contribution in [2.24, 2.45) is 11.7 Å². The van der Waals surface area contributed by atoms with Crippen LogP contribution in [0.25, 0.3) is 11.3 Å². The van der Waals surface area contributed by atoms with Gasteiger partial charge in [0, 0.05) is 22.9 Å². The molecule has 0 saturated heterocycles. The van der Waals surface area contributed by atoms with E-state index in [2.05, 4.69) is 10.3 Å². The summed E-state index contributed by atoms with van der Waals surface area (Å²) in [5.74, 6) is 1.32. The highest BCUT2D eigenvalue weighted by molar-refractivity contribution is 7.14. The average Bonchev–Trinajstić information content (AvgIpc) is 3.09. The molecule has 26 heavy (non-hydrogen) atoms. The van der Waals surface area contributed by atoms with Crippen LogP contribution in [-0.4, -0.2) is 31.2 Å². The molecule has 3 rings (SSSR count). The molecule has 1 aliphatic carbocycles. The van der Waals surface area contributed by atoms with Gasteiger partial charge in [0.2, 0.25) is 5.91 Å². The molecular weight excluding hydrogens is 374 g/mol. The SMILES string of the molecule is COc1ccc(-c2csc(NC(=O)C3CCCC(N)C3)n2)cc1OC.Cl. The average molecular weight is 398 g/mol. The van der Waals surface area contributed by atoms with Crippen molar-refractivity contribution >= 4 is 34.8 Å². The summed E-state index contributed by atoms with van der Waals surface area (Å²) in [5, 5.41) is 5.46. The van der Waals surface area contributed by atoms with E-state index in [1.807, 2.05) is 23.6 Å². The van der Waals surface area contributed by atoms with Gasteiger partial charge in [-0.05, 0) is 37.5 Å². The maximum absolute atomic E-state index is 12.4. The molecule has 0 radical (unpaired) electrons. The Morgan fingerprint density at radius 1 is 1.27 bits per heavy atom. The number of benzene rings is 1. The predicted octanol–water partition coefficient (Wildman–Crippen LogP) is 3.71. The molecule has 1 aromatic carbocycles. The molecule has 0 spiro atoms. The van der Waals surface area contributed by atoms with Gasteiger partial charge < -0.3 is 20.5 Å². The summed E-state index contributed by atoms with van der Waals surface area (Å²) in [6.07, 6.45) is 3.66. The Bertz CT molecular complexity index is 753. The second-order valence-corrected chi connectivity index (χ2v) is 7.08. The molecule has 2 atom stereocenters. The number of anilines is 1. The molecule has 0 aliphatic heterocycles. The van der Waals surface area contributed by atoms with Crippen molar-refractivity contribution in [2.45, 2.75) is 31.7 Å².